The zero-order valence-corrected chi connectivity index (χ0v) is 16.3. The molecule has 0 bridgehead atoms. The molecule has 10 heteroatoms. The summed E-state index contributed by atoms with van der Waals surface area (Å²) in [5, 5.41) is 20.7. The highest BCUT2D eigenvalue weighted by molar-refractivity contribution is 5.89. The van der Waals surface area contributed by atoms with Crippen LogP contribution in [-0.4, -0.2) is 57.7 Å². The van der Waals surface area contributed by atoms with Gasteiger partial charge in [0.25, 0.3) is 0 Å². The first-order chi connectivity index (χ1) is 14.3. The van der Waals surface area contributed by atoms with Crippen LogP contribution in [0.15, 0.2) is 34.9 Å². The quantitative estimate of drug-likeness (QED) is 0.576. The Kier molecular flexibility index (Phi) is 8.48. The predicted octanol–water partition coefficient (Wildman–Crippen LogP) is 2.12. The van der Waals surface area contributed by atoms with Gasteiger partial charge in [-0.1, -0.05) is 5.16 Å². The number of piperidine rings is 1. The Labute approximate surface area is 171 Å². The molecule has 0 spiro atoms. The van der Waals surface area contributed by atoms with Crippen molar-refractivity contribution in [2.24, 2.45) is 5.73 Å². The average molecular weight is 421 g/mol. The van der Waals surface area contributed by atoms with Crippen molar-refractivity contribution >= 4 is 28.8 Å². The van der Waals surface area contributed by atoms with Crippen molar-refractivity contribution in [1.82, 2.24) is 10.1 Å². The van der Waals surface area contributed by atoms with E-state index in [4.69, 9.17) is 20.5 Å². The number of halogens is 1. The first-order valence-electron chi connectivity index (χ1n) is 9.45. The molecule has 0 unspecified atom stereocenters. The van der Waals surface area contributed by atoms with E-state index in [0.717, 1.165) is 50.0 Å². The highest BCUT2D eigenvalue weighted by Crippen LogP contribution is 2.32. The summed E-state index contributed by atoms with van der Waals surface area (Å²) in [5.41, 5.74) is 6.60. The molecule has 0 atom stereocenters. The Hall–Kier alpha value is -3.27. The van der Waals surface area contributed by atoms with Gasteiger partial charge in [-0.05, 0) is 51.0 Å². The standard InChI is InChI=1S/C16H20FN3O2.C4H4O4/c17-12-3-4-13-14(10-12)22-19-16(13)11-5-8-20(9-6-11)7-1-2-15(18)21;5-3(6)1-2-4(7)8/h3-4,10-11H,1-2,5-9H2,(H2,18,21);1-2H,(H,5,6)(H,7,8)/b;2-1+. The first kappa shape index (κ1) is 23.0. The van der Waals surface area contributed by atoms with Crippen LogP contribution >= 0.6 is 0 Å². The molecule has 162 valence electrons. The summed E-state index contributed by atoms with van der Waals surface area (Å²) in [5.74, 6) is -2.71. The number of carbonyl (C=O) groups is 3. The van der Waals surface area contributed by atoms with Crippen molar-refractivity contribution in [3.8, 4) is 0 Å². The van der Waals surface area contributed by atoms with Crippen LogP contribution in [0.2, 0.25) is 0 Å². The van der Waals surface area contributed by atoms with Gasteiger partial charge < -0.3 is 25.4 Å². The van der Waals surface area contributed by atoms with E-state index in [1.54, 1.807) is 6.07 Å². The Balaban J connectivity index is 0.000000343. The fraction of sp³-hybridized carbons (Fsp3) is 0.400. The fourth-order valence-electron chi connectivity index (χ4n) is 3.27. The maximum Gasteiger partial charge on any atom is 0.328 e. The molecule has 0 aliphatic carbocycles. The third-order valence-electron chi connectivity index (χ3n) is 4.70. The number of hydrogen-bond acceptors (Lipinski definition) is 6. The summed E-state index contributed by atoms with van der Waals surface area (Å²) in [6, 6.07) is 4.57. The first-order valence-corrected chi connectivity index (χ1v) is 9.45. The van der Waals surface area contributed by atoms with Crippen LogP contribution in [0.5, 0.6) is 0 Å². The molecular formula is C20H24FN3O6. The summed E-state index contributed by atoms with van der Waals surface area (Å²) in [4.78, 5) is 32.2. The van der Waals surface area contributed by atoms with Crippen molar-refractivity contribution in [3.63, 3.8) is 0 Å². The number of amides is 1. The molecule has 9 nitrogen and oxygen atoms in total. The number of benzene rings is 1. The molecule has 1 aromatic carbocycles. The van der Waals surface area contributed by atoms with E-state index in [0.29, 0.717) is 30.1 Å². The van der Waals surface area contributed by atoms with E-state index in [9.17, 15) is 18.8 Å². The maximum atomic E-state index is 13.2. The van der Waals surface area contributed by atoms with Crippen LogP contribution in [0, 0.1) is 5.82 Å². The van der Waals surface area contributed by atoms with Gasteiger partial charge in [0.15, 0.2) is 5.58 Å². The number of nitrogens with zero attached hydrogens (tertiary/aromatic N) is 2. The highest BCUT2D eigenvalue weighted by atomic mass is 19.1. The van der Waals surface area contributed by atoms with Crippen molar-refractivity contribution in [3.05, 3.63) is 41.9 Å². The molecule has 1 fully saturated rings. The van der Waals surface area contributed by atoms with Crippen molar-refractivity contribution in [1.29, 1.82) is 0 Å². The van der Waals surface area contributed by atoms with E-state index in [2.05, 4.69) is 10.1 Å². The largest absolute Gasteiger partial charge is 0.478 e. The molecule has 1 aliphatic heterocycles. The van der Waals surface area contributed by atoms with E-state index in [1.807, 2.05) is 0 Å². The summed E-state index contributed by atoms with van der Waals surface area (Å²) in [6.45, 7) is 2.85. The number of fused-ring (bicyclic) bond motifs is 1. The average Bonchev–Trinajstić information content (AvgIpc) is 3.10. The number of aliphatic carboxylic acids is 2. The molecule has 30 heavy (non-hydrogen) atoms. The number of primary amides is 1. The van der Waals surface area contributed by atoms with Crippen molar-refractivity contribution in [2.45, 2.75) is 31.6 Å². The van der Waals surface area contributed by atoms with Gasteiger partial charge in [-0.15, -0.1) is 0 Å². The molecule has 1 aromatic heterocycles. The molecular weight excluding hydrogens is 397 g/mol. The van der Waals surface area contributed by atoms with Crippen molar-refractivity contribution < 1.29 is 33.5 Å². The third-order valence-corrected chi connectivity index (χ3v) is 4.70. The van der Waals surface area contributed by atoms with Gasteiger partial charge in [-0.25, -0.2) is 14.0 Å². The van der Waals surface area contributed by atoms with Crippen LogP contribution in [0.4, 0.5) is 4.39 Å². The minimum atomic E-state index is -1.26. The molecule has 1 saturated heterocycles. The number of aromatic nitrogens is 1. The smallest absolute Gasteiger partial charge is 0.328 e. The third kappa shape index (κ3) is 7.28. The van der Waals surface area contributed by atoms with E-state index in [-0.39, 0.29) is 11.7 Å². The number of likely N-dealkylation sites (tertiary alicyclic amines) is 1. The fourth-order valence-corrected chi connectivity index (χ4v) is 3.27. The lowest BCUT2D eigenvalue weighted by molar-refractivity contribution is -0.134. The van der Waals surface area contributed by atoms with Crippen LogP contribution < -0.4 is 5.73 Å². The summed E-state index contributed by atoms with van der Waals surface area (Å²) < 4.78 is 18.4. The Bertz CT molecular complexity index is 902. The number of nitrogens with two attached hydrogens (primary N) is 1. The second kappa shape index (κ2) is 11.1. The van der Waals surface area contributed by atoms with Gasteiger partial charge in [0.2, 0.25) is 5.91 Å². The second-order valence-corrected chi connectivity index (χ2v) is 6.90. The number of rotatable bonds is 7. The molecule has 1 aliphatic rings. The van der Waals surface area contributed by atoms with Crippen LogP contribution in [0.1, 0.15) is 37.3 Å². The second-order valence-electron chi connectivity index (χ2n) is 6.90. The van der Waals surface area contributed by atoms with Crippen LogP contribution in [-0.2, 0) is 14.4 Å². The lowest BCUT2D eigenvalue weighted by Gasteiger charge is -2.31. The van der Waals surface area contributed by atoms with Gasteiger partial charge in [-0.3, -0.25) is 4.79 Å². The Morgan fingerprint density at radius 2 is 1.83 bits per heavy atom. The monoisotopic (exact) mass is 421 g/mol. The maximum absolute atomic E-state index is 13.2. The van der Waals surface area contributed by atoms with Gasteiger partial charge in [0.1, 0.15) is 5.82 Å². The van der Waals surface area contributed by atoms with Crippen LogP contribution in [0.25, 0.3) is 11.0 Å². The zero-order valence-electron chi connectivity index (χ0n) is 16.3. The molecule has 2 heterocycles. The van der Waals surface area contributed by atoms with E-state index >= 15 is 0 Å². The molecule has 1 amide bonds. The summed E-state index contributed by atoms with van der Waals surface area (Å²) in [7, 11) is 0. The Morgan fingerprint density at radius 1 is 1.20 bits per heavy atom. The number of carboxylic acids is 2. The number of carbonyl (C=O) groups excluding carboxylic acids is 1. The predicted molar refractivity (Wildman–Crippen MR) is 105 cm³/mol. The Morgan fingerprint density at radius 3 is 2.40 bits per heavy atom. The van der Waals surface area contributed by atoms with E-state index in [1.165, 1.54) is 12.1 Å². The van der Waals surface area contributed by atoms with Gasteiger partial charge in [0.05, 0.1) is 5.69 Å². The normalized spacial score (nSPS) is 15.1. The van der Waals surface area contributed by atoms with Gasteiger partial charge in [-0.2, -0.15) is 0 Å². The zero-order chi connectivity index (χ0) is 22.1. The number of hydrogen-bond donors (Lipinski definition) is 3. The lowest BCUT2D eigenvalue weighted by Crippen LogP contribution is -2.34. The molecule has 0 saturated carbocycles. The lowest BCUT2D eigenvalue weighted by atomic mass is 9.91. The topological polar surface area (TPSA) is 147 Å². The summed E-state index contributed by atoms with van der Waals surface area (Å²) >= 11 is 0. The highest BCUT2D eigenvalue weighted by Gasteiger charge is 2.24. The van der Waals surface area contributed by atoms with Gasteiger partial charge >= 0.3 is 11.9 Å². The molecule has 3 rings (SSSR count). The summed E-state index contributed by atoms with van der Waals surface area (Å²) in [6.07, 6.45) is 4.36. The molecule has 2 aromatic rings. The number of carboxylic acid groups (broad SMARTS) is 2. The SMILES string of the molecule is NC(=O)CCCN1CCC(c2noc3cc(F)ccc23)CC1.O=C(O)/C=C/C(=O)O. The molecule has 4 N–H and O–H groups in total. The van der Waals surface area contributed by atoms with Crippen LogP contribution in [0.3, 0.4) is 0 Å². The molecule has 0 radical (unpaired) electrons. The van der Waals surface area contributed by atoms with Gasteiger partial charge in [0, 0.05) is 35.9 Å². The van der Waals surface area contributed by atoms with E-state index < -0.39 is 11.9 Å². The minimum absolute atomic E-state index is 0.240. The van der Waals surface area contributed by atoms with Crippen molar-refractivity contribution in [2.75, 3.05) is 19.6 Å². The minimum Gasteiger partial charge on any atom is -0.478 e.